The first-order valence-corrected chi connectivity index (χ1v) is 13.4. The number of carbonyl (C=O) groups is 2. The number of halogens is 6. The minimum atomic E-state index is -1.31. The van der Waals surface area contributed by atoms with Crippen molar-refractivity contribution in [1.29, 1.82) is 0 Å². The maximum Gasteiger partial charge on any atom is 0.344 e. The number of alkyl halides is 6. The summed E-state index contributed by atoms with van der Waals surface area (Å²) < 4.78 is 13.9. The van der Waals surface area contributed by atoms with Gasteiger partial charge in [0.05, 0.1) is 11.5 Å². The molecule has 0 aromatic rings. The predicted molar refractivity (Wildman–Crippen MR) is 131 cm³/mol. The quantitative estimate of drug-likeness (QED) is 0.213. The van der Waals surface area contributed by atoms with Gasteiger partial charge in [-0.15, -0.1) is 0 Å². The summed E-state index contributed by atoms with van der Waals surface area (Å²) in [5.74, 6) is -1.86. The van der Waals surface area contributed by atoms with Gasteiger partial charge in [0.2, 0.25) is 4.29 Å². The van der Waals surface area contributed by atoms with Crippen LogP contribution in [0.15, 0.2) is 0 Å². The van der Waals surface area contributed by atoms with E-state index in [1.165, 1.54) is 0 Å². The zero-order valence-electron chi connectivity index (χ0n) is 15.7. The van der Waals surface area contributed by atoms with Crippen molar-refractivity contribution < 1.29 is 28.9 Å². The lowest BCUT2D eigenvalue weighted by molar-refractivity contribution is -0.228. The molecule has 0 amide bonds. The molecule has 0 aliphatic carbocycles. The van der Waals surface area contributed by atoms with E-state index >= 15 is 0 Å². The second kappa shape index (κ2) is 12.2. The van der Waals surface area contributed by atoms with Crippen LogP contribution in [0.5, 0.6) is 0 Å². The lowest BCUT2D eigenvalue weighted by Gasteiger charge is -2.39. The molecule has 0 aromatic heterocycles. The highest BCUT2D eigenvalue weighted by atomic mass is 80.0. The Kier molecular flexibility index (Phi) is 12.1. The lowest BCUT2D eigenvalue weighted by Crippen LogP contribution is -2.46. The summed E-state index contributed by atoms with van der Waals surface area (Å²) in [5, 5.41) is 14.0. The fraction of sp³-hybridized carbons (Fsp3) is 0.875. The molecule has 13 heteroatoms. The SMILES string of the molecule is CC(C)(OC(O)C(COC(=O)C(Br)(Br)Br)COC(=O)C(Br)(Br)Br)C1CCNCC1. The van der Waals surface area contributed by atoms with Crippen LogP contribution in [-0.4, -0.2) is 59.5 Å². The minimum absolute atomic E-state index is 0.222. The number of nitrogens with one attached hydrogen (secondary N) is 1. The Morgan fingerprint density at radius 1 is 0.966 bits per heavy atom. The van der Waals surface area contributed by atoms with Crippen molar-refractivity contribution in [3.05, 3.63) is 0 Å². The van der Waals surface area contributed by atoms with E-state index in [0.717, 1.165) is 25.9 Å². The van der Waals surface area contributed by atoms with Gasteiger partial charge in [0.1, 0.15) is 13.2 Å². The summed E-state index contributed by atoms with van der Waals surface area (Å²) in [5.41, 5.74) is -0.609. The standard InChI is InChI=1S/C16H23Br6NO6/c1-14(2,10-3-5-23-6-4-10)29-11(24)9(7-27-12(25)15(17,18)19)8-28-13(26)16(20,21)22/h9-11,23-24H,3-8H2,1-2H3. The van der Waals surface area contributed by atoms with E-state index in [-0.39, 0.29) is 19.1 Å². The number of esters is 2. The summed E-state index contributed by atoms with van der Waals surface area (Å²) in [6.07, 6.45) is 0.533. The molecule has 170 valence electrons. The molecule has 1 saturated heterocycles. The summed E-state index contributed by atoms with van der Waals surface area (Å²) >= 11 is 18.5. The molecule has 29 heavy (non-hydrogen) atoms. The monoisotopic (exact) mass is 799 g/mol. The number of hydrogen-bond donors (Lipinski definition) is 2. The lowest BCUT2D eigenvalue weighted by atomic mass is 9.83. The molecule has 0 radical (unpaired) electrons. The molecule has 0 bridgehead atoms. The molecule has 1 rings (SSSR count). The highest BCUT2D eigenvalue weighted by Gasteiger charge is 2.38. The number of aliphatic hydroxyl groups is 1. The molecular formula is C16H23Br6NO6. The molecule has 1 unspecified atom stereocenters. The molecule has 1 fully saturated rings. The number of aliphatic hydroxyl groups excluding tert-OH is 1. The Morgan fingerprint density at radius 2 is 1.38 bits per heavy atom. The summed E-state index contributed by atoms with van der Waals surface area (Å²) in [4.78, 5) is 24.0. The molecule has 0 aromatic carbocycles. The number of rotatable bonds is 8. The largest absolute Gasteiger partial charge is 0.463 e. The first-order valence-electron chi connectivity index (χ1n) is 8.69. The van der Waals surface area contributed by atoms with Crippen LogP contribution in [0.3, 0.4) is 0 Å². The zero-order chi connectivity index (χ0) is 22.5. The highest BCUT2D eigenvalue weighted by molar-refractivity contribution is 9.40. The molecule has 1 atom stereocenters. The van der Waals surface area contributed by atoms with Gasteiger partial charge in [0.25, 0.3) is 0 Å². The van der Waals surface area contributed by atoms with Gasteiger partial charge >= 0.3 is 11.9 Å². The van der Waals surface area contributed by atoms with Gasteiger partial charge in [0.15, 0.2) is 6.29 Å². The van der Waals surface area contributed by atoms with Crippen molar-refractivity contribution in [3.8, 4) is 0 Å². The zero-order valence-corrected chi connectivity index (χ0v) is 25.2. The Hall–Kier alpha value is 1.70. The normalized spacial score (nSPS) is 17.9. The maximum absolute atomic E-state index is 12.0. The van der Waals surface area contributed by atoms with Crippen molar-refractivity contribution in [2.75, 3.05) is 26.3 Å². The van der Waals surface area contributed by atoms with E-state index in [4.69, 9.17) is 14.2 Å². The maximum atomic E-state index is 12.0. The van der Waals surface area contributed by atoms with Crippen molar-refractivity contribution in [2.24, 2.45) is 11.8 Å². The fourth-order valence-electron chi connectivity index (χ4n) is 2.76. The van der Waals surface area contributed by atoms with Gasteiger partial charge in [-0.1, -0.05) is 0 Å². The van der Waals surface area contributed by atoms with Gasteiger partial charge in [-0.05, 0) is 141 Å². The van der Waals surface area contributed by atoms with Crippen molar-refractivity contribution >= 4 is 108 Å². The number of carbonyl (C=O) groups excluding carboxylic acids is 2. The van der Waals surface area contributed by atoms with Gasteiger partial charge in [-0.25, -0.2) is 9.59 Å². The molecule has 7 nitrogen and oxygen atoms in total. The van der Waals surface area contributed by atoms with E-state index in [2.05, 4.69) is 101 Å². The summed E-state index contributed by atoms with van der Waals surface area (Å²) in [6.45, 7) is 5.17. The smallest absolute Gasteiger partial charge is 0.344 e. The Labute approximate surface area is 220 Å². The molecule has 1 heterocycles. The van der Waals surface area contributed by atoms with Crippen LogP contribution in [-0.2, 0) is 23.8 Å². The fourth-order valence-corrected chi connectivity index (χ4v) is 3.45. The third-order valence-electron chi connectivity index (χ3n) is 4.47. The third kappa shape index (κ3) is 10.4. The first kappa shape index (κ1) is 28.7. The Morgan fingerprint density at radius 3 is 1.76 bits per heavy atom. The number of ether oxygens (including phenoxy) is 3. The van der Waals surface area contributed by atoms with Crippen LogP contribution < -0.4 is 5.32 Å². The van der Waals surface area contributed by atoms with Gasteiger partial charge in [-0.3, -0.25) is 0 Å². The van der Waals surface area contributed by atoms with Crippen LogP contribution in [0.1, 0.15) is 26.7 Å². The molecule has 2 N–H and O–H groups in total. The van der Waals surface area contributed by atoms with Crippen LogP contribution in [0.4, 0.5) is 0 Å². The second-order valence-electron chi connectivity index (χ2n) is 7.09. The van der Waals surface area contributed by atoms with E-state index in [9.17, 15) is 14.7 Å². The molecule has 0 saturated carbocycles. The molecule has 1 aliphatic rings. The third-order valence-corrected chi connectivity index (χ3v) is 6.41. The summed E-state index contributed by atoms with van der Waals surface area (Å²) in [6, 6.07) is 0. The Bertz CT molecular complexity index is 529. The van der Waals surface area contributed by atoms with E-state index in [1.54, 1.807) is 0 Å². The van der Waals surface area contributed by atoms with E-state index in [0.29, 0.717) is 0 Å². The summed E-state index contributed by atoms with van der Waals surface area (Å²) in [7, 11) is 0. The molecule has 0 spiro atoms. The van der Waals surface area contributed by atoms with Crippen LogP contribution >= 0.6 is 95.6 Å². The number of piperidine rings is 1. The van der Waals surface area contributed by atoms with Crippen LogP contribution in [0.25, 0.3) is 0 Å². The molecule has 1 aliphatic heterocycles. The van der Waals surface area contributed by atoms with Gasteiger partial charge in [0, 0.05) is 0 Å². The van der Waals surface area contributed by atoms with E-state index in [1.807, 2.05) is 13.8 Å². The minimum Gasteiger partial charge on any atom is -0.463 e. The van der Waals surface area contributed by atoms with Crippen molar-refractivity contribution in [3.63, 3.8) is 0 Å². The average Bonchev–Trinajstić information content (AvgIpc) is 2.59. The van der Waals surface area contributed by atoms with Crippen LogP contribution in [0, 0.1) is 11.8 Å². The topological polar surface area (TPSA) is 94.1 Å². The average molecular weight is 805 g/mol. The molecular weight excluding hydrogens is 782 g/mol. The first-order chi connectivity index (χ1) is 13.1. The van der Waals surface area contributed by atoms with Gasteiger partial charge in [-0.2, -0.15) is 0 Å². The van der Waals surface area contributed by atoms with E-state index < -0.39 is 34.0 Å². The van der Waals surface area contributed by atoms with Gasteiger partial charge < -0.3 is 24.6 Å². The predicted octanol–water partition coefficient (Wildman–Crippen LogP) is 4.48. The highest BCUT2D eigenvalue weighted by Crippen LogP contribution is 2.36. The van der Waals surface area contributed by atoms with Crippen molar-refractivity contribution in [2.45, 2.75) is 42.9 Å². The van der Waals surface area contributed by atoms with Crippen LogP contribution in [0.2, 0.25) is 0 Å². The van der Waals surface area contributed by atoms with Crippen molar-refractivity contribution in [1.82, 2.24) is 5.32 Å². The second-order valence-corrected chi connectivity index (χ2v) is 20.6. The Balaban J connectivity index is 2.81. The number of hydrogen-bond acceptors (Lipinski definition) is 7.